The van der Waals surface area contributed by atoms with Crippen molar-refractivity contribution >= 4 is 5.78 Å². The maximum Gasteiger partial charge on any atom is 0.158 e. The SMILES string of the molecule is CC1=CC(C)(O)CCC1=O. The minimum Gasteiger partial charge on any atom is -0.386 e. The summed E-state index contributed by atoms with van der Waals surface area (Å²) >= 11 is 0. The van der Waals surface area contributed by atoms with Crippen LogP contribution in [-0.4, -0.2) is 16.5 Å². The van der Waals surface area contributed by atoms with E-state index in [2.05, 4.69) is 0 Å². The molecule has 0 saturated carbocycles. The van der Waals surface area contributed by atoms with Crippen LogP contribution in [0.1, 0.15) is 26.7 Å². The lowest BCUT2D eigenvalue weighted by Crippen LogP contribution is -2.27. The number of Topliss-reactive ketones (excluding diaryl/α,β-unsaturated/α-hetero) is 1. The van der Waals surface area contributed by atoms with Crippen LogP contribution in [0.5, 0.6) is 0 Å². The molecule has 10 heavy (non-hydrogen) atoms. The lowest BCUT2D eigenvalue weighted by Gasteiger charge is -2.23. The number of allylic oxidation sites excluding steroid dienone is 1. The molecule has 0 bridgehead atoms. The Labute approximate surface area is 60.6 Å². The molecule has 2 nitrogen and oxygen atoms in total. The van der Waals surface area contributed by atoms with Gasteiger partial charge >= 0.3 is 0 Å². The summed E-state index contributed by atoms with van der Waals surface area (Å²) in [5.74, 6) is 0.159. The third kappa shape index (κ3) is 1.45. The Balaban J connectivity index is 2.86. The standard InChI is InChI=1S/C8H12O2/c1-6-5-8(2,10)4-3-7(6)9/h5,10H,3-4H2,1-2H3. The lowest BCUT2D eigenvalue weighted by molar-refractivity contribution is -0.117. The van der Waals surface area contributed by atoms with E-state index in [4.69, 9.17) is 0 Å². The van der Waals surface area contributed by atoms with Gasteiger partial charge in [-0.1, -0.05) is 0 Å². The zero-order valence-electron chi connectivity index (χ0n) is 6.35. The second kappa shape index (κ2) is 2.20. The fraction of sp³-hybridized carbons (Fsp3) is 0.625. The van der Waals surface area contributed by atoms with Crippen molar-refractivity contribution in [3.05, 3.63) is 11.6 Å². The number of ketones is 1. The fourth-order valence-electron chi connectivity index (χ4n) is 1.18. The lowest BCUT2D eigenvalue weighted by atomic mass is 9.88. The van der Waals surface area contributed by atoms with Crippen molar-refractivity contribution in [2.75, 3.05) is 0 Å². The van der Waals surface area contributed by atoms with Gasteiger partial charge in [0, 0.05) is 6.42 Å². The molecule has 0 amide bonds. The molecule has 0 spiro atoms. The number of carbonyl (C=O) groups is 1. The number of rotatable bonds is 0. The molecule has 0 radical (unpaired) electrons. The Kier molecular flexibility index (Phi) is 1.65. The molecule has 0 aliphatic heterocycles. The molecule has 2 heteroatoms. The smallest absolute Gasteiger partial charge is 0.158 e. The van der Waals surface area contributed by atoms with E-state index in [0.29, 0.717) is 18.4 Å². The Hall–Kier alpha value is -0.630. The first-order valence-electron chi connectivity index (χ1n) is 3.46. The van der Waals surface area contributed by atoms with Crippen LogP contribution in [0, 0.1) is 0 Å². The minimum atomic E-state index is -0.752. The molecule has 56 valence electrons. The predicted octanol–water partition coefficient (Wildman–Crippen LogP) is 1.05. The van der Waals surface area contributed by atoms with E-state index in [1.165, 1.54) is 0 Å². The summed E-state index contributed by atoms with van der Waals surface area (Å²) in [6.45, 7) is 3.47. The summed E-state index contributed by atoms with van der Waals surface area (Å²) in [6.07, 6.45) is 2.68. The summed E-state index contributed by atoms with van der Waals surface area (Å²) in [7, 11) is 0. The van der Waals surface area contributed by atoms with Gasteiger partial charge in [-0.25, -0.2) is 0 Å². The van der Waals surface area contributed by atoms with Gasteiger partial charge in [0.05, 0.1) is 5.60 Å². The van der Waals surface area contributed by atoms with Crippen molar-refractivity contribution in [1.82, 2.24) is 0 Å². The van der Waals surface area contributed by atoms with Crippen LogP contribution in [0.2, 0.25) is 0 Å². The van der Waals surface area contributed by atoms with Crippen molar-refractivity contribution in [3.8, 4) is 0 Å². The number of carbonyl (C=O) groups excluding carboxylic acids is 1. The van der Waals surface area contributed by atoms with Crippen LogP contribution in [0.3, 0.4) is 0 Å². The minimum absolute atomic E-state index is 0.159. The summed E-state index contributed by atoms with van der Waals surface area (Å²) in [6, 6.07) is 0. The van der Waals surface area contributed by atoms with Crippen molar-refractivity contribution in [2.45, 2.75) is 32.3 Å². The summed E-state index contributed by atoms with van der Waals surface area (Å²) < 4.78 is 0. The average Bonchev–Trinajstić information content (AvgIpc) is 1.79. The van der Waals surface area contributed by atoms with Gasteiger partial charge < -0.3 is 5.11 Å². The largest absolute Gasteiger partial charge is 0.386 e. The quantitative estimate of drug-likeness (QED) is 0.546. The Morgan fingerprint density at radius 2 is 2.30 bits per heavy atom. The van der Waals surface area contributed by atoms with Crippen LogP contribution in [0.15, 0.2) is 11.6 Å². The maximum absolute atomic E-state index is 10.9. The molecule has 1 aliphatic rings. The molecule has 1 aliphatic carbocycles. The van der Waals surface area contributed by atoms with Crippen LogP contribution in [0.4, 0.5) is 0 Å². The molecular formula is C8H12O2. The van der Waals surface area contributed by atoms with Crippen LogP contribution >= 0.6 is 0 Å². The summed E-state index contributed by atoms with van der Waals surface area (Å²) in [5, 5.41) is 9.43. The normalized spacial score (nSPS) is 33.9. The van der Waals surface area contributed by atoms with Gasteiger partial charge in [0.2, 0.25) is 0 Å². The zero-order chi connectivity index (χ0) is 7.78. The first-order chi connectivity index (χ1) is 4.51. The van der Waals surface area contributed by atoms with E-state index < -0.39 is 5.60 Å². The van der Waals surface area contributed by atoms with Crippen LogP contribution < -0.4 is 0 Å². The maximum atomic E-state index is 10.9. The fourth-order valence-corrected chi connectivity index (χ4v) is 1.18. The van der Waals surface area contributed by atoms with E-state index >= 15 is 0 Å². The monoisotopic (exact) mass is 140 g/mol. The molecule has 0 aromatic heterocycles. The van der Waals surface area contributed by atoms with Gasteiger partial charge in [-0.3, -0.25) is 4.79 Å². The molecule has 1 unspecified atom stereocenters. The molecule has 1 N–H and O–H groups in total. The number of hydrogen-bond acceptors (Lipinski definition) is 2. The third-order valence-electron chi connectivity index (χ3n) is 1.83. The molecule has 0 aromatic carbocycles. The summed E-state index contributed by atoms with van der Waals surface area (Å²) in [4.78, 5) is 10.9. The van der Waals surface area contributed by atoms with Crippen molar-refractivity contribution in [1.29, 1.82) is 0 Å². The first kappa shape index (κ1) is 7.48. The molecule has 1 atom stereocenters. The van der Waals surface area contributed by atoms with E-state index in [1.807, 2.05) is 0 Å². The van der Waals surface area contributed by atoms with Gasteiger partial charge in [0.25, 0.3) is 0 Å². The topological polar surface area (TPSA) is 37.3 Å². The van der Waals surface area contributed by atoms with E-state index in [-0.39, 0.29) is 5.78 Å². The first-order valence-corrected chi connectivity index (χ1v) is 3.46. The summed E-state index contributed by atoms with van der Waals surface area (Å²) in [5.41, 5.74) is -0.0610. The Morgan fingerprint density at radius 3 is 2.70 bits per heavy atom. The molecular weight excluding hydrogens is 128 g/mol. The van der Waals surface area contributed by atoms with Gasteiger partial charge in [-0.05, 0) is 31.9 Å². The van der Waals surface area contributed by atoms with Crippen LogP contribution in [0.25, 0.3) is 0 Å². The second-order valence-electron chi connectivity index (χ2n) is 3.11. The van der Waals surface area contributed by atoms with Gasteiger partial charge in [-0.15, -0.1) is 0 Å². The number of hydrogen-bond donors (Lipinski definition) is 1. The molecule has 1 rings (SSSR count). The van der Waals surface area contributed by atoms with E-state index in [9.17, 15) is 9.90 Å². The highest BCUT2D eigenvalue weighted by atomic mass is 16.3. The Morgan fingerprint density at radius 1 is 1.70 bits per heavy atom. The van der Waals surface area contributed by atoms with E-state index in [1.54, 1.807) is 19.9 Å². The highest BCUT2D eigenvalue weighted by Gasteiger charge is 2.24. The van der Waals surface area contributed by atoms with Gasteiger partial charge in [0.15, 0.2) is 5.78 Å². The van der Waals surface area contributed by atoms with Crippen molar-refractivity contribution in [2.24, 2.45) is 0 Å². The van der Waals surface area contributed by atoms with E-state index in [0.717, 1.165) is 0 Å². The molecule has 0 aromatic rings. The van der Waals surface area contributed by atoms with Crippen molar-refractivity contribution < 1.29 is 9.90 Å². The number of aliphatic hydroxyl groups is 1. The third-order valence-corrected chi connectivity index (χ3v) is 1.83. The van der Waals surface area contributed by atoms with Gasteiger partial charge in [-0.2, -0.15) is 0 Å². The molecule has 0 fully saturated rings. The second-order valence-corrected chi connectivity index (χ2v) is 3.11. The highest BCUT2D eigenvalue weighted by molar-refractivity contribution is 5.95. The van der Waals surface area contributed by atoms with Crippen molar-refractivity contribution in [3.63, 3.8) is 0 Å². The molecule has 0 saturated heterocycles. The average molecular weight is 140 g/mol. The highest BCUT2D eigenvalue weighted by Crippen LogP contribution is 2.22. The molecule has 0 heterocycles. The predicted molar refractivity (Wildman–Crippen MR) is 38.6 cm³/mol. The Bertz CT molecular complexity index is 189. The van der Waals surface area contributed by atoms with Gasteiger partial charge in [0.1, 0.15) is 0 Å². The zero-order valence-corrected chi connectivity index (χ0v) is 6.35. The van der Waals surface area contributed by atoms with Crippen LogP contribution in [-0.2, 0) is 4.79 Å².